The van der Waals surface area contributed by atoms with Crippen molar-refractivity contribution in [1.29, 1.82) is 0 Å². The predicted molar refractivity (Wildman–Crippen MR) is 52.6 cm³/mol. The maximum atomic E-state index is 13.5. The Hall–Kier alpha value is -0.670. The van der Waals surface area contributed by atoms with Gasteiger partial charge in [0.05, 0.1) is 0 Å². The van der Waals surface area contributed by atoms with Gasteiger partial charge in [-0.15, -0.1) is 0 Å². The van der Waals surface area contributed by atoms with Crippen molar-refractivity contribution in [3.05, 3.63) is 0 Å². The third-order valence-corrected chi connectivity index (χ3v) is 3.59. The van der Waals surface area contributed by atoms with Crippen LogP contribution in [-0.2, 0) is 4.79 Å². The third-order valence-electron chi connectivity index (χ3n) is 3.59. The van der Waals surface area contributed by atoms with Gasteiger partial charge in [0, 0.05) is 19.0 Å². The number of nitrogens with zero attached hydrogens (tertiary/aromatic N) is 1. The van der Waals surface area contributed by atoms with Gasteiger partial charge < -0.3 is 4.90 Å². The van der Waals surface area contributed by atoms with Crippen LogP contribution < -0.4 is 0 Å². The molecule has 4 heteroatoms. The number of halogens is 2. The van der Waals surface area contributed by atoms with E-state index < -0.39 is 17.7 Å². The summed E-state index contributed by atoms with van der Waals surface area (Å²) in [4.78, 5) is 13.0. The Bertz CT molecular complexity index is 262. The van der Waals surface area contributed by atoms with Crippen molar-refractivity contribution in [3.8, 4) is 0 Å². The van der Waals surface area contributed by atoms with Gasteiger partial charge in [-0.1, -0.05) is 13.8 Å². The minimum atomic E-state index is -3.19. The Morgan fingerprint density at radius 1 is 1.27 bits per heavy atom. The largest absolute Gasteiger partial charge is 0.337 e. The molecule has 0 atom stereocenters. The summed E-state index contributed by atoms with van der Waals surface area (Å²) in [5.41, 5.74) is 0. The normalized spacial score (nSPS) is 30.3. The fourth-order valence-electron chi connectivity index (χ4n) is 2.49. The number of carbonyl (C=O) groups excluding carboxylic acids is 1. The fraction of sp³-hybridized carbons (Fsp3) is 0.909. The van der Waals surface area contributed by atoms with E-state index in [2.05, 4.69) is 0 Å². The molecule has 3 aliphatic rings. The summed E-state index contributed by atoms with van der Waals surface area (Å²) < 4.78 is 27.0. The lowest BCUT2D eigenvalue weighted by atomic mass is 9.71. The smallest absolute Gasteiger partial charge is 0.327 e. The van der Waals surface area contributed by atoms with Crippen LogP contribution in [0.4, 0.5) is 8.78 Å². The maximum absolute atomic E-state index is 13.5. The maximum Gasteiger partial charge on any atom is 0.327 e. The second kappa shape index (κ2) is 3.42. The number of alkyl halides is 2. The monoisotopic (exact) mass is 217 g/mol. The molecule has 1 aliphatic carbocycles. The predicted octanol–water partition coefficient (Wildman–Crippen LogP) is 2.15. The van der Waals surface area contributed by atoms with Gasteiger partial charge in [0.1, 0.15) is 0 Å². The van der Waals surface area contributed by atoms with E-state index in [4.69, 9.17) is 0 Å². The first-order valence-corrected chi connectivity index (χ1v) is 5.58. The molecule has 0 aromatic carbocycles. The number of carbonyl (C=O) groups is 1. The summed E-state index contributed by atoms with van der Waals surface area (Å²) in [7, 11) is 0. The Morgan fingerprint density at radius 2 is 1.73 bits per heavy atom. The van der Waals surface area contributed by atoms with Gasteiger partial charge in [-0.3, -0.25) is 4.79 Å². The molecule has 0 aromatic rings. The topological polar surface area (TPSA) is 20.3 Å². The van der Waals surface area contributed by atoms with E-state index in [9.17, 15) is 13.6 Å². The van der Waals surface area contributed by atoms with Gasteiger partial charge in [-0.25, -0.2) is 0 Å². The van der Waals surface area contributed by atoms with Crippen LogP contribution in [0, 0.1) is 17.8 Å². The van der Waals surface area contributed by atoms with E-state index in [1.165, 1.54) is 18.7 Å². The first-order valence-electron chi connectivity index (χ1n) is 5.58. The molecule has 1 amide bonds. The van der Waals surface area contributed by atoms with Crippen LogP contribution in [0.2, 0.25) is 0 Å². The Balaban J connectivity index is 2.02. The van der Waals surface area contributed by atoms with Crippen molar-refractivity contribution in [2.75, 3.05) is 13.1 Å². The Morgan fingerprint density at radius 3 is 2.13 bits per heavy atom. The highest BCUT2D eigenvalue weighted by molar-refractivity contribution is 5.84. The molecule has 2 bridgehead atoms. The molecule has 2 heterocycles. The molecule has 2 aliphatic heterocycles. The lowest BCUT2D eigenvalue weighted by molar-refractivity contribution is -0.170. The quantitative estimate of drug-likeness (QED) is 0.694. The number of hydrogen-bond acceptors (Lipinski definition) is 1. The van der Waals surface area contributed by atoms with Crippen LogP contribution in [0.15, 0.2) is 0 Å². The molecule has 3 fully saturated rings. The molecule has 0 radical (unpaired) electrons. The molecule has 86 valence electrons. The van der Waals surface area contributed by atoms with Crippen molar-refractivity contribution < 1.29 is 13.6 Å². The molecule has 1 saturated carbocycles. The standard InChI is InChI=1S/C11H17F2NO/c1-7(2)11(12,13)10(15)14-5-8-3-9(4-8)6-14/h7-9H,3-6H2,1-2H3. The van der Waals surface area contributed by atoms with E-state index >= 15 is 0 Å². The van der Waals surface area contributed by atoms with Gasteiger partial charge >= 0.3 is 5.92 Å². The highest BCUT2D eigenvalue weighted by Crippen LogP contribution is 2.41. The van der Waals surface area contributed by atoms with Crippen molar-refractivity contribution in [2.45, 2.75) is 32.6 Å². The highest BCUT2D eigenvalue weighted by Gasteiger charge is 2.49. The summed E-state index contributed by atoms with van der Waals surface area (Å²) in [6, 6.07) is 0. The minimum Gasteiger partial charge on any atom is -0.337 e. The minimum absolute atomic E-state index is 0.482. The summed E-state index contributed by atoms with van der Waals surface area (Å²) in [5, 5.41) is 0. The fourth-order valence-corrected chi connectivity index (χ4v) is 2.49. The van der Waals surface area contributed by atoms with E-state index in [1.54, 1.807) is 0 Å². The van der Waals surface area contributed by atoms with Crippen LogP contribution in [0.3, 0.4) is 0 Å². The third kappa shape index (κ3) is 1.74. The molecule has 0 spiro atoms. The SMILES string of the molecule is CC(C)C(F)(F)C(=O)N1CC2CC(C2)C1. The van der Waals surface area contributed by atoms with Gasteiger partial charge in [0.15, 0.2) is 0 Å². The number of piperidine rings is 2. The van der Waals surface area contributed by atoms with Gasteiger partial charge in [-0.05, 0) is 24.7 Å². The molecule has 2 saturated heterocycles. The first kappa shape index (κ1) is 10.8. The molecule has 0 unspecified atom stereocenters. The van der Waals surface area contributed by atoms with E-state index in [0.29, 0.717) is 24.9 Å². The lowest BCUT2D eigenvalue weighted by Gasteiger charge is -2.48. The summed E-state index contributed by atoms with van der Waals surface area (Å²) >= 11 is 0. The lowest BCUT2D eigenvalue weighted by Crippen LogP contribution is -2.56. The molecular weight excluding hydrogens is 200 g/mol. The van der Waals surface area contributed by atoms with Gasteiger partial charge in [0.2, 0.25) is 0 Å². The van der Waals surface area contributed by atoms with Crippen LogP contribution in [-0.4, -0.2) is 29.8 Å². The van der Waals surface area contributed by atoms with Crippen molar-refractivity contribution in [3.63, 3.8) is 0 Å². The molecule has 0 aromatic heterocycles. The average molecular weight is 217 g/mol. The van der Waals surface area contributed by atoms with E-state index in [1.807, 2.05) is 0 Å². The molecule has 3 rings (SSSR count). The van der Waals surface area contributed by atoms with Gasteiger partial charge in [-0.2, -0.15) is 8.78 Å². The van der Waals surface area contributed by atoms with Crippen LogP contribution >= 0.6 is 0 Å². The zero-order chi connectivity index (χ0) is 11.2. The average Bonchev–Trinajstić information content (AvgIpc) is 2.15. The molecule has 0 N–H and O–H groups in total. The van der Waals surface area contributed by atoms with Gasteiger partial charge in [0.25, 0.3) is 5.91 Å². The number of fused-ring (bicyclic) bond motifs is 2. The van der Waals surface area contributed by atoms with E-state index in [0.717, 1.165) is 12.8 Å². The van der Waals surface area contributed by atoms with Crippen molar-refractivity contribution in [1.82, 2.24) is 4.90 Å². The Labute approximate surface area is 88.6 Å². The number of amides is 1. The van der Waals surface area contributed by atoms with E-state index in [-0.39, 0.29) is 0 Å². The summed E-state index contributed by atoms with van der Waals surface area (Å²) in [6.45, 7) is 3.86. The zero-order valence-corrected chi connectivity index (χ0v) is 9.17. The highest BCUT2D eigenvalue weighted by atomic mass is 19.3. The molecule has 15 heavy (non-hydrogen) atoms. The first-order chi connectivity index (χ1) is 6.91. The van der Waals surface area contributed by atoms with Crippen molar-refractivity contribution in [2.24, 2.45) is 17.8 Å². The summed E-state index contributed by atoms with van der Waals surface area (Å²) in [6.07, 6.45) is 2.24. The second-order valence-corrected chi connectivity index (χ2v) is 5.19. The van der Waals surface area contributed by atoms with Crippen LogP contribution in [0.1, 0.15) is 26.7 Å². The number of rotatable bonds is 2. The molecular formula is C11H17F2NO. The van der Waals surface area contributed by atoms with Crippen molar-refractivity contribution >= 4 is 5.91 Å². The second-order valence-electron chi connectivity index (χ2n) is 5.19. The van der Waals surface area contributed by atoms with Crippen LogP contribution in [0.25, 0.3) is 0 Å². The molecule has 2 nitrogen and oxygen atoms in total. The summed E-state index contributed by atoms with van der Waals surface area (Å²) in [5.74, 6) is -4.11. The Kier molecular flexibility index (Phi) is 2.47. The number of hydrogen-bond donors (Lipinski definition) is 0. The van der Waals surface area contributed by atoms with Crippen LogP contribution in [0.5, 0.6) is 0 Å². The zero-order valence-electron chi connectivity index (χ0n) is 9.17.